The zero-order valence-electron chi connectivity index (χ0n) is 15.5. The molecule has 0 fully saturated rings. The average Bonchev–Trinajstić information content (AvgIpc) is 3.38. The van der Waals surface area contributed by atoms with Crippen LogP contribution in [0.4, 0.5) is 5.69 Å². The van der Waals surface area contributed by atoms with Gasteiger partial charge < -0.3 is 10.2 Å². The molecular weight excluding hydrogens is 388 g/mol. The quantitative estimate of drug-likeness (QED) is 0.624. The molecule has 1 N–H and O–H groups in total. The van der Waals surface area contributed by atoms with Crippen LogP contribution in [0.25, 0.3) is 0 Å². The van der Waals surface area contributed by atoms with E-state index >= 15 is 0 Å². The number of fused-ring (bicyclic) bond motifs is 1. The van der Waals surface area contributed by atoms with Crippen LogP contribution in [0.2, 0.25) is 0 Å². The van der Waals surface area contributed by atoms with E-state index in [1.54, 1.807) is 28.7 Å². The Bertz CT molecular complexity index is 963. The molecule has 0 radical (unpaired) electrons. The molecule has 2 aromatic heterocycles. The molecule has 1 aromatic carbocycles. The van der Waals surface area contributed by atoms with E-state index in [9.17, 15) is 9.59 Å². The second-order valence-electron chi connectivity index (χ2n) is 6.91. The first-order valence-electron chi connectivity index (χ1n) is 9.46. The Morgan fingerprint density at radius 1 is 1.07 bits per heavy atom. The summed E-state index contributed by atoms with van der Waals surface area (Å²) in [6.45, 7) is 1.41. The number of carbonyl (C=O) groups excluding carboxylic acids is 2. The van der Waals surface area contributed by atoms with Gasteiger partial charge in [-0.15, -0.1) is 22.7 Å². The summed E-state index contributed by atoms with van der Waals surface area (Å²) in [5, 5.41) is 7.07. The van der Waals surface area contributed by atoms with Crippen molar-refractivity contribution in [3.8, 4) is 0 Å². The summed E-state index contributed by atoms with van der Waals surface area (Å²) in [6, 6.07) is 13.5. The van der Waals surface area contributed by atoms with E-state index in [0.717, 1.165) is 25.8 Å². The molecular formula is C22H22N2O2S2. The second-order valence-corrected chi connectivity index (χ2v) is 8.94. The van der Waals surface area contributed by atoms with Crippen LogP contribution >= 0.6 is 22.7 Å². The van der Waals surface area contributed by atoms with E-state index in [1.807, 2.05) is 29.2 Å². The fourth-order valence-corrected chi connectivity index (χ4v) is 5.08. The Kier molecular flexibility index (Phi) is 5.88. The minimum Gasteiger partial charge on any atom is -0.334 e. The maximum absolute atomic E-state index is 12.9. The molecule has 0 spiro atoms. The third-order valence-corrected chi connectivity index (χ3v) is 6.85. The number of nitrogens with zero attached hydrogens (tertiary/aromatic N) is 1. The zero-order chi connectivity index (χ0) is 19.3. The topological polar surface area (TPSA) is 49.4 Å². The molecule has 28 heavy (non-hydrogen) atoms. The van der Waals surface area contributed by atoms with Gasteiger partial charge in [0.05, 0.1) is 0 Å². The molecule has 0 saturated heterocycles. The first-order valence-corrected chi connectivity index (χ1v) is 11.2. The van der Waals surface area contributed by atoms with Gasteiger partial charge in [0.2, 0.25) is 5.91 Å². The van der Waals surface area contributed by atoms with Crippen LogP contribution in [0, 0.1) is 0 Å². The van der Waals surface area contributed by atoms with Crippen molar-refractivity contribution >= 4 is 40.2 Å². The zero-order valence-corrected chi connectivity index (χ0v) is 17.2. The maximum atomic E-state index is 12.9. The molecule has 0 bridgehead atoms. The Labute approximate surface area is 172 Å². The summed E-state index contributed by atoms with van der Waals surface area (Å²) < 4.78 is 0. The molecule has 0 aliphatic carbocycles. The number of hydrogen-bond donors (Lipinski definition) is 1. The van der Waals surface area contributed by atoms with Crippen molar-refractivity contribution in [3.05, 3.63) is 74.1 Å². The fraction of sp³-hybridized carbons (Fsp3) is 0.273. The van der Waals surface area contributed by atoms with Gasteiger partial charge in [-0.1, -0.05) is 12.1 Å². The fourth-order valence-electron chi connectivity index (χ4n) is 3.44. The molecule has 1 aliphatic heterocycles. The highest BCUT2D eigenvalue weighted by Gasteiger charge is 2.22. The lowest BCUT2D eigenvalue weighted by Gasteiger charge is -2.27. The predicted molar refractivity (Wildman–Crippen MR) is 115 cm³/mol. The van der Waals surface area contributed by atoms with Gasteiger partial charge in [0.25, 0.3) is 5.91 Å². The standard InChI is InChI=1S/C22H22N2O2S2/c25-21(8-2-6-19-7-3-12-27-19)23-18-5-1-4-16(14-18)22(26)24-11-9-20-17(15-24)10-13-28-20/h1,3-5,7,10,12-14H,2,6,8-9,11,15H2,(H,23,25). The van der Waals surface area contributed by atoms with Gasteiger partial charge in [0, 0.05) is 40.5 Å². The van der Waals surface area contributed by atoms with E-state index in [2.05, 4.69) is 28.2 Å². The molecule has 0 saturated carbocycles. The number of nitrogens with one attached hydrogen (secondary N) is 1. The van der Waals surface area contributed by atoms with Gasteiger partial charge >= 0.3 is 0 Å². The Morgan fingerprint density at radius 3 is 2.86 bits per heavy atom. The van der Waals surface area contributed by atoms with Gasteiger partial charge in [-0.25, -0.2) is 0 Å². The smallest absolute Gasteiger partial charge is 0.254 e. The summed E-state index contributed by atoms with van der Waals surface area (Å²) in [5.74, 6) is 0.00712. The predicted octanol–water partition coefficient (Wildman–Crippen LogP) is 4.97. The van der Waals surface area contributed by atoms with Crippen molar-refractivity contribution in [1.82, 2.24) is 4.90 Å². The number of rotatable bonds is 6. The van der Waals surface area contributed by atoms with Crippen LogP contribution in [0.15, 0.2) is 53.2 Å². The van der Waals surface area contributed by atoms with Gasteiger partial charge in [0.1, 0.15) is 0 Å². The normalized spacial score (nSPS) is 13.2. The van der Waals surface area contributed by atoms with Crippen molar-refractivity contribution in [3.63, 3.8) is 0 Å². The van der Waals surface area contributed by atoms with E-state index < -0.39 is 0 Å². The third-order valence-electron chi connectivity index (χ3n) is 4.90. The lowest BCUT2D eigenvalue weighted by atomic mass is 10.1. The largest absolute Gasteiger partial charge is 0.334 e. The van der Waals surface area contributed by atoms with Crippen molar-refractivity contribution in [1.29, 1.82) is 0 Å². The number of hydrogen-bond acceptors (Lipinski definition) is 4. The molecule has 0 atom stereocenters. The molecule has 1 aliphatic rings. The first kappa shape index (κ1) is 18.9. The number of anilines is 1. The summed E-state index contributed by atoms with van der Waals surface area (Å²) in [5.41, 5.74) is 2.55. The Morgan fingerprint density at radius 2 is 2.00 bits per heavy atom. The van der Waals surface area contributed by atoms with E-state index in [-0.39, 0.29) is 11.8 Å². The van der Waals surface area contributed by atoms with Gasteiger partial charge in [0.15, 0.2) is 0 Å². The van der Waals surface area contributed by atoms with E-state index in [0.29, 0.717) is 24.2 Å². The van der Waals surface area contributed by atoms with E-state index in [1.165, 1.54) is 15.3 Å². The lowest BCUT2D eigenvalue weighted by molar-refractivity contribution is -0.116. The number of amides is 2. The highest BCUT2D eigenvalue weighted by Crippen LogP contribution is 2.25. The summed E-state index contributed by atoms with van der Waals surface area (Å²) in [6.07, 6.45) is 3.13. The Hall–Kier alpha value is -2.44. The molecule has 0 unspecified atom stereocenters. The van der Waals surface area contributed by atoms with Crippen LogP contribution in [0.5, 0.6) is 0 Å². The molecule has 3 aromatic rings. The molecule has 4 rings (SSSR count). The molecule has 144 valence electrons. The third kappa shape index (κ3) is 4.51. The summed E-state index contributed by atoms with van der Waals surface area (Å²) >= 11 is 3.49. The molecule has 2 amide bonds. The maximum Gasteiger partial charge on any atom is 0.254 e. The SMILES string of the molecule is O=C(CCCc1cccs1)Nc1cccc(C(=O)N2CCc3sccc3C2)c1. The first-order chi connectivity index (χ1) is 13.7. The van der Waals surface area contributed by atoms with E-state index in [4.69, 9.17) is 0 Å². The monoisotopic (exact) mass is 410 g/mol. The lowest BCUT2D eigenvalue weighted by Crippen LogP contribution is -2.35. The van der Waals surface area contributed by atoms with Gasteiger partial charge in [-0.2, -0.15) is 0 Å². The minimum absolute atomic E-state index is 0.0120. The van der Waals surface area contributed by atoms with Gasteiger partial charge in [-0.05, 0) is 65.9 Å². The van der Waals surface area contributed by atoms with Crippen LogP contribution < -0.4 is 5.32 Å². The number of aryl methyl sites for hydroxylation is 1. The van der Waals surface area contributed by atoms with Crippen LogP contribution in [0.1, 0.15) is 38.5 Å². The van der Waals surface area contributed by atoms with Gasteiger partial charge in [-0.3, -0.25) is 9.59 Å². The summed E-state index contributed by atoms with van der Waals surface area (Å²) in [4.78, 5) is 29.7. The molecule has 6 heteroatoms. The van der Waals surface area contributed by atoms with Crippen molar-refractivity contribution < 1.29 is 9.59 Å². The van der Waals surface area contributed by atoms with Crippen LogP contribution in [0.3, 0.4) is 0 Å². The number of benzene rings is 1. The number of carbonyl (C=O) groups is 2. The summed E-state index contributed by atoms with van der Waals surface area (Å²) in [7, 11) is 0. The van der Waals surface area contributed by atoms with Crippen molar-refractivity contribution in [2.45, 2.75) is 32.2 Å². The molecule has 4 nitrogen and oxygen atoms in total. The highest BCUT2D eigenvalue weighted by molar-refractivity contribution is 7.10. The minimum atomic E-state index is -0.0120. The highest BCUT2D eigenvalue weighted by atomic mass is 32.1. The van der Waals surface area contributed by atoms with Crippen LogP contribution in [-0.4, -0.2) is 23.3 Å². The average molecular weight is 411 g/mol. The molecule has 3 heterocycles. The van der Waals surface area contributed by atoms with Crippen molar-refractivity contribution in [2.75, 3.05) is 11.9 Å². The second kappa shape index (κ2) is 8.71. The Balaban J connectivity index is 1.33. The number of thiophene rings is 2. The van der Waals surface area contributed by atoms with Crippen LogP contribution in [-0.2, 0) is 24.2 Å². The van der Waals surface area contributed by atoms with Crippen molar-refractivity contribution in [2.24, 2.45) is 0 Å².